The first-order valence-electron chi connectivity index (χ1n) is 35.7. The maximum atomic E-state index is 12.9. The molecule has 0 spiro atoms. The number of quaternary nitrogens is 1. The summed E-state index contributed by atoms with van der Waals surface area (Å²) in [6.07, 6.45) is 87.3. The summed E-state index contributed by atoms with van der Waals surface area (Å²) in [5.74, 6) is -0.782. The van der Waals surface area contributed by atoms with Crippen LogP contribution in [0.25, 0.3) is 0 Å². The zero-order chi connectivity index (χ0) is 61.2. The fourth-order valence-electron chi connectivity index (χ4n) is 10.3. The van der Waals surface area contributed by atoms with E-state index in [0.717, 1.165) is 64.2 Å². The fraction of sp³-hybridized carbons (Fsp3) is 0.811. The summed E-state index contributed by atoms with van der Waals surface area (Å²) in [6.45, 7) is 4.36. The van der Waals surface area contributed by atoms with Crippen molar-refractivity contribution in [3.63, 3.8) is 0 Å². The predicted molar refractivity (Wildman–Crippen MR) is 363 cm³/mol. The van der Waals surface area contributed by atoms with Crippen molar-refractivity contribution < 1.29 is 42.1 Å². The molecule has 490 valence electrons. The number of rotatable bonds is 66. The Morgan fingerprint density at radius 1 is 0.381 bits per heavy atom. The Kier molecular flexibility index (Phi) is 62.9. The Balaban J connectivity index is 4.00. The van der Waals surface area contributed by atoms with Gasteiger partial charge in [-0.3, -0.25) is 18.6 Å². The molecule has 0 aliphatic heterocycles. The summed E-state index contributed by atoms with van der Waals surface area (Å²) in [6, 6.07) is 0. The Bertz CT molecular complexity index is 1650. The van der Waals surface area contributed by atoms with Crippen molar-refractivity contribution in [2.45, 2.75) is 341 Å². The highest BCUT2D eigenvalue weighted by Gasteiger charge is 2.27. The number of esters is 2. The molecule has 0 radical (unpaired) electrons. The number of ether oxygens (including phenoxy) is 2. The van der Waals surface area contributed by atoms with E-state index < -0.39 is 26.5 Å². The highest BCUT2D eigenvalue weighted by Crippen LogP contribution is 2.43. The van der Waals surface area contributed by atoms with Crippen LogP contribution in [0.3, 0.4) is 0 Å². The average Bonchev–Trinajstić information content (AvgIpc) is 3.61. The first kappa shape index (κ1) is 81.5. The number of allylic oxidation sites excluding steroid dienone is 12. The van der Waals surface area contributed by atoms with Gasteiger partial charge >= 0.3 is 19.8 Å². The van der Waals surface area contributed by atoms with Crippen LogP contribution in [-0.4, -0.2) is 74.9 Å². The lowest BCUT2D eigenvalue weighted by Gasteiger charge is -2.24. The highest BCUT2D eigenvalue weighted by atomic mass is 31.2. The maximum absolute atomic E-state index is 12.9. The van der Waals surface area contributed by atoms with Crippen LogP contribution >= 0.6 is 7.82 Å². The van der Waals surface area contributed by atoms with Crippen molar-refractivity contribution in [3.05, 3.63) is 72.9 Å². The second-order valence-corrected chi connectivity index (χ2v) is 26.7. The van der Waals surface area contributed by atoms with E-state index >= 15 is 0 Å². The Morgan fingerprint density at radius 2 is 0.679 bits per heavy atom. The molecule has 0 saturated carbocycles. The van der Waals surface area contributed by atoms with Crippen molar-refractivity contribution in [2.75, 3.05) is 47.5 Å². The Hall–Kier alpha value is -2.55. The van der Waals surface area contributed by atoms with Gasteiger partial charge in [-0.15, -0.1) is 0 Å². The van der Waals surface area contributed by atoms with Crippen LogP contribution in [0, 0.1) is 0 Å². The van der Waals surface area contributed by atoms with Gasteiger partial charge in [0.25, 0.3) is 0 Å². The standard InChI is InChI=1S/C74H136NO8P/c1-6-8-10-12-14-16-18-20-22-24-26-28-30-32-34-36-37-39-40-42-44-46-48-50-52-54-56-58-60-62-64-66-73(76)80-70-72(71-82-84(78,79)81-69-68-75(3,4)5)83-74(77)67-65-63-61-59-57-55-53-51-49-47-45-43-41-38-35-33-31-29-27-25-23-21-19-17-15-13-11-9-7-2/h9,11,15,17-18,20-21,23-24,26-27,29,72H,6-8,10,12-14,16,19,22,25,28,30-71H2,1-5H3/p+1/b11-9-,17-15-,20-18-,23-21-,26-24-,29-27-. The van der Waals surface area contributed by atoms with Crippen LogP contribution in [-0.2, 0) is 32.7 Å². The van der Waals surface area contributed by atoms with Gasteiger partial charge < -0.3 is 18.9 Å². The van der Waals surface area contributed by atoms with E-state index in [-0.39, 0.29) is 25.6 Å². The monoisotopic (exact) mass is 1200 g/mol. The molecule has 0 fully saturated rings. The molecule has 9 nitrogen and oxygen atoms in total. The molecule has 0 heterocycles. The summed E-state index contributed by atoms with van der Waals surface area (Å²) in [5, 5.41) is 0. The van der Waals surface area contributed by atoms with Gasteiger partial charge in [0.1, 0.15) is 19.8 Å². The molecule has 0 amide bonds. The molecule has 0 aliphatic rings. The number of unbranched alkanes of at least 4 members (excludes halogenated alkanes) is 40. The molecule has 10 heteroatoms. The lowest BCUT2D eigenvalue weighted by Crippen LogP contribution is -2.37. The molecule has 0 aromatic rings. The molecule has 0 rings (SSSR count). The van der Waals surface area contributed by atoms with Crippen molar-refractivity contribution in [3.8, 4) is 0 Å². The van der Waals surface area contributed by atoms with Gasteiger partial charge in [0.05, 0.1) is 27.7 Å². The van der Waals surface area contributed by atoms with E-state index in [0.29, 0.717) is 23.9 Å². The van der Waals surface area contributed by atoms with Crippen molar-refractivity contribution in [1.29, 1.82) is 0 Å². The van der Waals surface area contributed by atoms with E-state index in [1.165, 1.54) is 238 Å². The summed E-state index contributed by atoms with van der Waals surface area (Å²) in [4.78, 5) is 35.9. The van der Waals surface area contributed by atoms with Crippen molar-refractivity contribution in [1.82, 2.24) is 0 Å². The molecule has 1 N–H and O–H groups in total. The van der Waals surface area contributed by atoms with Crippen LogP contribution in [0.4, 0.5) is 0 Å². The summed E-state index contributed by atoms with van der Waals surface area (Å²) >= 11 is 0. The van der Waals surface area contributed by atoms with E-state index in [2.05, 4.69) is 86.8 Å². The van der Waals surface area contributed by atoms with Gasteiger partial charge in [-0.25, -0.2) is 4.57 Å². The van der Waals surface area contributed by atoms with Gasteiger partial charge in [0.2, 0.25) is 0 Å². The highest BCUT2D eigenvalue weighted by molar-refractivity contribution is 7.47. The molecule has 2 atom stereocenters. The normalized spacial score (nSPS) is 13.5. The molecule has 0 aromatic carbocycles. The SMILES string of the molecule is CC/C=C\C/C=C\C/C=C\C/C=C\CCCCCCCCCCCCCCCCCCC(=O)OC(COC(=O)CCCCCCCCCCCCCCCCCCCCC/C=C\C/C=C\CCCCCCC)COP(=O)(O)OCC[N+](C)(C)C. The van der Waals surface area contributed by atoms with Gasteiger partial charge in [-0.2, -0.15) is 0 Å². The Labute approximate surface area is 520 Å². The number of carbonyl (C=O) groups excluding carboxylic acids is 2. The molecular weight excluding hydrogens is 1060 g/mol. The third kappa shape index (κ3) is 68.6. The second kappa shape index (κ2) is 64.9. The number of nitrogens with zero attached hydrogens (tertiary/aromatic N) is 1. The van der Waals surface area contributed by atoms with Gasteiger partial charge in [0.15, 0.2) is 6.10 Å². The maximum Gasteiger partial charge on any atom is 0.472 e. The molecule has 0 bridgehead atoms. The lowest BCUT2D eigenvalue weighted by atomic mass is 10.0. The minimum atomic E-state index is -4.39. The van der Waals surface area contributed by atoms with Crippen LogP contribution < -0.4 is 0 Å². The van der Waals surface area contributed by atoms with Crippen LogP contribution in [0.2, 0.25) is 0 Å². The number of phosphoric acid groups is 1. The topological polar surface area (TPSA) is 108 Å². The lowest BCUT2D eigenvalue weighted by molar-refractivity contribution is -0.870. The van der Waals surface area contributed by atoms with Crippen LogP contribution in [0.1, 0.15) is 335 Å². The van der Waals surface area contributed by atoms with E-state index in [9.17, 15) is 19.0 Å². The largest absolute Gasteiger partial charge is 0.472 e. The molecule has 0 aromatic heterocycles. The smallest absolute Gasteiger partial charge is 0.462 e. The van der Waals surface area contributed by atoms with Crippen molar-refractivity contribution >= 4 is 19.8 Å². The van der Waals surface area contributed by atoms with E-state index in [4.69, 9.17) is 18.5 Å². The third-order valence-corrected chi connectivity index (χ3v) is 16.7. The zero-order valence-electron chi connectivity index (χ0n) is 55.9. The fourth-order valence-corrected chi connectivity index (χ4v) is 11.0. The number of phosphoric ester groups is 1. The van der Waals surface area contributed by atoms with Gasteiger partial charge in [-0.05, 0) is 83.5 Å². The summed E-state index contributed by atoms with van der Waals surface area (Å²) in [5.41, 5.74) is 0. The number of likely N-dealkylation sites (N-methyl/N-ethyl adjacent to an activating group) is 1. The summed E-state index contributed by atoms with van der Waals surface area (Å²) < 4.78 is 34.8. The van der Waals surface area contributed by atoms with E-state index in [1.807, 2.05) is 21.1 Å². The molecular formula is C74H137NO8P+. The van der Waals surface area contributed by atoms with Crippen LogP contribution in [0.15, 0.2) is 72.9 Å². The minimum absolute atomic E-state index is 0.0319. The van der Waals surface area contributed by atoms with Crippen molar-refractivity contribution in [2.24, 2.45) is 0 Å². The van der Waals surface area contributed by atoms with Crippen LogP contribution in [0.5, 0.6) is 0 Å². The molecule has 0 saturated heterocycles. The molecule has 84 heavy (non-hydrogen) atoms. The molecule has 0 aliphatic carbocycles. The average molecular weight is 1200 g/mol. The zero-order valence-corrected chi connectivity index (χ0v) is 56.8. The number of hydrogen-bond donors (Lipinski definition) is 1. The first-order chi connectivity index (χ1) is 41.0. The number of hydrogen-bond acceptors (Lipinski definition) is 7. The second-order valence-electron chi connectivity index (χ2n) is 25.2. The quantitative estimate of drug-likeness (QED) is 0.0211. The Morgan fingerprint density at radius 3 is 1.01 bits per heavy atom. The molecule has 2 unspecified atom stereocenters. The minimum Gasteiger partial charge on any atom is -0.462 e. The predicted octanol–water partition coefficient (Wildman–Crippen LogP) is 23.2. The first-order valence-corrected chi connectivity index (χ1v) is 37.2. The summed E-state index contributed by atoms with van der Waals surface area (Å²) in [7, 11) is 1.49. The van der Waals surface area contributed by atoms with E-state index in [1.54, 1.807) is 0 Å². The van der Waals surface area contributed by atoms with Gasteiger partial charge in [0, 0.05) is 12.8 Å². The van der Waals surface area contributed by atoms with Gasteiger partial charge in [-0.1, -0.05) is 311 Å². The number of carbonyl (C=O) groups is 2. The third-order valence-electron chi connectivity index (χ3n) is 15.7.